The number of nitrogens with one attached hydrogen (secondary N) is 1. The number of aromatic nitrogens is 1. The van der Waals surface area contributed by atoms with Crippen molar-refractivity contribution in [2.24, 2.45) is 0 Å². The lowest BCUT2D eigenvalue weighted by Gasteiger charge is -2.08. The number of rotatable bonds is 6. The largest absolute Gasteiger partial charge is 0.489 e. The highest BCUT2D eigenvalue weighted by atomic mass is 32.1. The van der Waals surface area contributed by atoms with Gasteiger partial charge < -0.3 is 10.1 Å². The summed E-state index contributed by atoms with van der Waals surface area (Å²) in [5.74, 6) is 0.169. The van der Waals surface area contributed by atoms with E-state index in [1.807, 2.05) is 12.1 Å². The van der Waals surface area contributed by atoms with Crippen LogP contribution in [0.5, 0.6) is 5.75 Å². The van der Waals surface area contributed by atoms with Crippen LogP contribution in [0.3, 0.4) is 0 Å². The molecule has 4 nitrogen and oxygen atoms in total. The van der Waals surface area contributed by atoms with E-state index in [1.54, 1.807) is 41.2 Å². The zero-order valence-electron chi connectivity index (χ0n) is 12.7. The van der Waals surface area contributed by atoms with E-state index >= 15 is 0 Å². The molecule has 0 aliphatic heterocycles. The minimum absolute atomic E-state index is 0.173. The second-order valence-electron chi connectivity index (χ2n) is 5.08. The summed E-state index contributed by atoms with van der Waals surface area (Å²) in [6, 6.07) is 13.8. The van der Waals surface area contributed by atoms with Crippen molar-refractivity contribution in [2.45, 2.75) is 13.2 Å². The van der Waals surface area contributed by atoms with Gasteiger partial charge in [-0.1, -0.05) is 30.3 Å². The van der Waals surface area contributed by atoms with Crippen LogP contribution in [0, 0.1) is 5.82 Å². The fourth-order valence-corrected chi connectivity index (χ4v) is 2.61. The second-order valence-corrected chi connectivity index (χ2v) is 5.80. The van der Waals surface area contributed by atoms with Crippen molar-refractivity contribution in [3.8, 4) is 5.75 Å². The van der Waals surface area contributed by atoms with Gasteiger partial charge >= 0.3 is 0 Å². The predicted molar refractivity (Wildman–Crippen MR) is 90.5 cm³/mol. The SMILES string of the molecule is O=C(NCc1ccc(OCc2ccccc2F)cc1)c1cscn1. The number of hydrogen-bond acceptors (Lipinski definition) is 4. The maximum absolute atomic E-state index is 13.5. The molecule has 1 amide bonds. The Morgan fingerprint density at radius 3 is 2.67 bits per heavy atom. The fourth-order valence-electron chi connectivity index (χ4n) is 2.08. The number of amides is 1. The number of hydrogen-bond donors (Lipinski definition) is 1. The summed E-state index contributed by atoms with van der Waals surface area (Å²) in [4.78, 5) is 15.8. The highest BCUT2D eigenvalue weighted by molar-refractivity contribution is 7.07. The number of halogens is 1. The molecule has 6 heteroatoms. The summed E-state index contributed by atoms with van der Waals surface area (Å²) in [6.07, 6.45) is 0. The third-order valence-corrected chi connectivity index (χ3v) is 3.98. The van der Waals surface area contributed by atoms with Gasteiger partial charge in [0.15, 0.2) is 0 Å². The third kappa shape index (κ3) is 4.17. The van der Waals surface area contributed by atoms with Crippen LogP contribution in [0.1, 0.15) is 21.6 Å². The van der Waals surface area contributed by atoms with Crippen LogP contribution < -0.4 is 10.1 Å². The van der Waals surface area contributed by atoms with E-state index in [-0.39, 0.29) is 18.3 Å². The van der Waals surface area contributed by atoms with Crippen molar-refractivity contribution in [1.82, 2.24) is 10.3 Å². The molecule has 1 heterocycles. The zero-order chi connectivity index (χ0) is 16.8. The molecule has 0 spiro atoms. The molecule has 24 heavy (non-hydrogen) atoms. The Kier molecular flexibility index (Phi) is 5.18. The van der Waals surface area contributed by atoms with Crippen molar-refractivity contribution in [3.63, 3.8) is 0 Å². The Morgan fingerprint density at radius 2 is 1.96 bits per heavy atom. The number of ether oxygens (including phenoxy) is 1. The summed E-state index contributed by atoms with van der Waals surface area (Å²) in [6.45, 7) is 0.580. The molecular weight excluding hydrogens is 327 g/mol. The minimum Gasteiger partial charge on any atom is -0.489 e. The molecule has 0 saturated carbocycles. The Labute approximate surface area is 142 Å². The van der Waals surface area contributed by atoms with Crippen molar-refractivity contribution >= 4 is 17.2 Å². The van der Waals surface area contributed by atoms with E-state index in [9.17, 15) is 9.18 Å². The summed E-state index contributed by atoms with van der Waals surface area (Å²) >= 11 is 1.38. The van der Waals surface area contributed by atoms with Gasteiger partial charge in [-0.05, 0) is 23.8 Å². The van der Waals surface area contributed by atoms with Crippen LogP contribution in [0.25, 0.3) is 0 Å². The van der Waals surface area contributed by atoms with Crippen molar-refractivity contribution in [3.05, 3.63) is 82.1 Å². The molecule has 0 saturated heterocycles. The molecule has 0 bridgehead atoms. The van der Waals surface area contributed by atoms with Gasteiger partial charge in [-0.25, -0.2) is 9.37 Å². The van der Waals surface area contributed by atoms with Gasteiger partial charge in [-0.2, -0.15) is 0 Å². The normalized spacial score (nSPS) is 10.4. The maximum atomic E-state index is 13.5. The minimum atomic E-state index is -0.279. The topological polar surface area (TPSA) is 51.2 Å². The maximum Gasteiger partial charge on any atom is 0.271 e. The Morgan fingerprint density at radius 1 is 1.17 bits per heavy atom. The van der Waals surface area contributed by atoms with E-state index in [0.717, 1.165) is 5.56 Å². The third-order valence-electron chi connectivity index (χ3n) is 3.39. The smallest absolute Gasteiger partial charge is 0.271 e. The van der Waals surface area contributed by atoms with E-state index in [2.05, 4.69) is 10.3 Å². The van der Waals surface area contributed by atoms with E-state index < -0.39 is 0 Å². The molecule has 1 aromatic heterocycles. The highest BCUT2D eigenvalue weighted by Gasteiger charge is 2.07. The Bertz CT molecular complexity index is 804. The number of carbonyl (C=O) groups is 1. The van der Waals surface area contributed by atoms with Gasteiger partial charge in [-0.15, -0.1) is 11.3 Å². The van der Waals surface area contributed by atoms with Crippen LogP contribution in [0.2, 0.25) is 0 Å². The quantitative estimate of drug-likeness (QED) is 0.741. The first-order valence-electron chi connectivity index (χ1n) is 7.34. The van der Waals surface area contributed by atoms with Gasteiger partial charge in [-0.3, -0.25) is 4.79 Å². The number of benzene rings is 2. The highest BCUT2D eigenvalue weighted by Crippen LogP contribution is 2.15. The zero-order valence-corrected chi connectivity index (χ0v) is 13.6. The molecule has 1 N–H and O–H groups in total. The molecular formula is C18H15FN2O2S. The predicted octanol–water partition coefficient (Wildman–Crippen LogP) is 3.79. The molecule has 0 aliphatic carbocycles. The lowest BCUT2D eigenvalue weighted by Crippen LogP contribution is -2.22. The van der Waals surface area contributed by atoms with Crippen LogP contribution >= 0.6 is 11.3 Å². The molecule has 3 aromatic rings. The molecule has 2 aromatic carbocycles. The molecule has 0 atom stereocenters. The molecule has 0 radical (unpaired) electrons. The molecule has 3 rings (SSSR count). The van der Waals surface area contributed by atoms with E-state index in [4.69, 9.17) is 4.74 Å². The van der Waals surface area contributed by atoms with E-state index in [0.29, 0.717) is 23.6 Å². The molecule has 0 unspecified atom stereocenters. The lowest BCUT2D eigenvalue weighted by molar-refractivity contribution is 0.0946. The summed E-state index contributed by atoms with van der Waals surface area (Å²) in [7, 11) is 0. The number of thiazole rings is 1. The number of nitrogens with zero attached hydrogens (tertiary/aromatic N) is 1. The lowest BCUT2D eigenvalue weighted by atomic mass is 10.2. The van der Waals surface area contributed by atoms with Crippen molar-refractivity contribution in [2.75, 3.05) is 0 Å². The monoisotopic (exact) mass is 342 g/mol. The van der Waals surface area contributed by atoms with Gasteiger partial charge in [0.25, 0.3) is 5.91 Å². The first-order valence-corrected chi connectivity index (χ1v) is 8.28. The number of carbonyl (C=O) groups excluding carboxylic acids is 1. The molecule has 122 valence electrons. The first-order chi connectivity index (χ1) is 11.7. The van der Waals surface area contributed by atoms with Crippen molar-refractivity contribution < 1.29 is 13.9 Å². The fraction of sp³-hybridized carbons (Fsp3) is 0.111. The van der Waals surface area contributed by atoms with Crippen LogP contribution in [0.15, 0.2) is 59.4 Å². The van der Waals surface area contributed by atoms with Gasteiger partial charge in [0, 0.05) is 17.5 Å². The van der Waals surface area contributed by atoms with Crippen LogP contribution in [-0.2, 0) is 13.2 Å². The summed E-state index contributed by atoms with van der Waals surface area (Å²) in [5.41, 5.74) is 3.50. The van der Waals surface area contributed by atoms with Gasteiger partial charge in [0.2, 0.25) is 0 Å². The van der Waals surface area contributed by atoms with Gasteiger partial charge in [0.05, 0.1) is 5.51 Å². The molecule has 0 fully saturated rings. The average Bonchev–Trinajstić information content (AvgIpc) is 3.15. The van der Waals surface area contributed by atoms with Crippen LogP contribution in [-0.4, -0.2) is 10.9 Å². The first kappa shape index (κ1) is 16.1. The van der Waals surface area contributed by atoms with E-state index in [1.165, 1.54) is 17.4 Å². The van der Waals surface area contributed by atoms with Gasteiger partial charge in [0.1, 0.15) is 23.9 Å². The Balaban J connectivity index is 1.52. The Hall–Kier alpha value is -2.73. The van der Waals surface area contributed by atoms with Crippen molar-refractivity contribution in [1.29, 1.82) is 0 Å². The second kappa shape index (κ2) is 7.70. The summed E-state index contributed by atoms with van der Waals surface area (Å²) in [5, 5.41) is 4.50. The van der Waals surface area contributed by atoms with Crippen LogP contribution in [0.4, 0.5) is 4.39 Å². The average molecular weight is 342 g/mol. The summed E-state index contributed by atoms with van der Waals surface area (Å²) < 4.78 is 19.1. The molecule has 0 aliphatic rings. The standard InChI is InChI=1S/C18H15FN2O2S/c19-16-4-2-1-3-14(16)10-23-15-7-5-13(6-8-15)9-20-18(22)17-11-24-12-21-17/h1-8,11-12H,9-10H2,(H,20,22).